The molecular weight excluding hydrogens is 311 g/mol. The standard InChI is InChI=1S/C12H8F3NO4S/c13-12(14,15)9-4-7-6-3-5(16)1-2-8(6)20-11(17)10(7)21(9,18)19/h1-3,9H,4,16H2. The third kappa shape index (κ3) is 1.91. The average molecular weight is 319 g/mol. The molecule has 1 aliphatic heterocycles. The number of hydrogen-bond donors (Lipinski definition) is 1. The van der Waals surface area contributed by atoms with Crippen molar-refractivity contribution in [3.8, 4) is 0 Å². The Morgan fingerprint density at radius 3 is 2.57 bits per heavy atom. The maximum Gasteiger partial charge on any atom is 0.406 e. The van der Waals surface area contributed by atoms with Gasteiger partial charge in [-0.05, 0) is 23.8 Å². The van der Waals surface area contributed by atoms with Gasteiger partial charge in [0.2, 0.25) is 0 Å². The molecule has 2 N–H and O–H groups in total. The van der Waals surface area contributed by atoms with Gasteiger partial charge in [-0.1, -0.05) is 0 Å². The van der Waals surface area contributed by atoms with Crippen LogP contribution in [0.25, 0.3) is 11.0 Å². The SMILES string of the molecule is Nc1ccc2oc(=O)c3c(c2c1)CC(C(F)(F)F)S3(=O)=O. The highest BCUT2D eigenvalue weighted by molar-refractivity contribution is 7.92. The van der Waals surface area contributed by atoms with Gasteiger partial charge < -0.3 is 10.2 Å². The molecule has 0 saturated carbocycles. The van der Waals surface area contributed by atoms with Crippen molar-refractivity contribution in [1.82, 2.24) is 0 Å². The van der Waals surface area contributed by atoms with Crippen molar-refractivity contribution in [2.75, 3.05) is 5.73 Å². The summed E-state index contributed by atoms with van der Waals surface area (Å²) in [5.41, 5.74) is 4.32. The quantitative estimate of drug-likeness (QED) is 0.589. The van der Waals surface area contributed by atoms with Gasteiger partial charge in [0, 0.05) is 17.5 Å². The first kappa shape index (κ1) is 13.9. The van der Waals surface area contributed by atoms with E-state index in [4.69, 9.17) is 10.2 Å². The lowest BCUT2D eigenvalue weighted by molar-refractivity contribution is -0.129. The molecule has 1 unspecified atom stereocenters. The van der Waals surface area contributed by atoms with Gasteiger partial charge in [0.1, 0.15) is 5.58 Å². The second-order valence-electron chi connectivity index (χ2n) is 4.73. The van der Waals surface area contributed by atoms with Crippen LogP contribution < -0.4 is 11.4 Å². The summed E-state index contributed by atoms with van der Waals surface area (Å²) in [6, 6.07) is 4.02. The highest BCUT2D eigenvalue weighted by Crippen LogP contribution is 2.41. The van der Waals surface area contributed by atoms with Crippen molar-refractivity contribution >= 4 is 26.5 Å². The summed E-state index contributed by atoms with van der Waals surface area (Å²) in [6.07, 6.45) is -5.77. The van der Waals surface area contributed by atoms with E-state index in [1.54, 1.807) is 0 Å². The van der Waals surface area contributed by atoms with Crippen molar-refractivity contribution in [2.24, 2.45) is 0 Å². The molecule has 21 heavy (non-hydrogen) atoms. The minimum Gasteiger partial charge on any atom is -0.422 e. The van der Waals surface area contributed by atoms with Crippen LogP contribution in [0.1, 0.15) is 5.56 Å². The van der Waals surface area contributed by atoms with Gasteiger partial charge >= 0.3 is 11.8 Å². The number of rotatable bonds is 0. The average Bonchev–Trinajstić information content (AvgIpc) is 2.63. The van der Waals surface area contributed by atoms with Crippen molar-refractivity contribution in [2.45, 2.75) is 22.7 Å². The van der Waals surface area contributed by atoms with Crippen LogP contribution in [0.4, 0.5) is 18.9 Å². The fourth-order valence-electron chi connectivity index (χ4n) is 2.48. The van der Waals surface area contributed by atoms with E-state index in [0.717, 1.165) is 0 Å². The van der Waals surface area contributed by atoms with Crippen molar-refractivity contribution in [1.29, 1.82) is 0 Å². The van der Waals surface area contributed by atoms with Crippen LogP contribution in [0.5, 0.6) is 0 Å². The lowest BCUT2D eigenvalue weighted by Crippen LogP contribution is -2.35. The zero-order valence-electron chi connectivity index (χ0n) is 10.3. The molecule has 1 aromatic heterocycles. The summed E-state index contributed by atoms with van der Waals surface area (Å²) >= 11 is 0. The van der Waals surface area contributed by atoms with Crippen LogP contribution in [0.2, 0.25) is 0 Å². The summed E-state index contributed by atoms with van der Waals surface area (Å²) in [4.78, 5) is 10.8. The second-order valence-corrected chi connectivity index (χ2v) is 6.80. The Labute approximate surface area is 116 Å². The van der Waals surface area contributed by atoms with Crippen LogP contribution in [0, 0.1) is 0 Å². The predicted octanol–water partition coefficient (Wildman–Crippen LogP) is 1.64. The maximum atomic E-state index is 12.9. The first-order valence-corrected chi connectivity index (χ1v) is 7.33. The first-order chi connectivity index (χ1) is 9.62. The fourth-order valence-corrected chi connectivity index (χ4v) is 4.32. The van der Waals surface area contributed by atoms with E-state index in [1.165, 1.54) is 18.2 Å². The fraction of sp³-hybridized carbons (Fsp3) is 0.250. The van der Waals surface area contributed by atoms with Gasteiger partial charge in [-0.3, -0.25) is 0 Å². The monoisotopic (exact) mass is 319 g/mol. The summed E-state index contributed by atoms with van der Waals surface area (Å²) in [7, 11) is -4.81. The van der Waals surface area contributed by atoms with E-state index >= 15 is 0 Å². The minimum absolute atomic E-state index is 0.00553. The molecule has 0 saturated heterocycles. The zero-order chi connectivity index (χ0) is 15.6. The van der Waals surface area contributed by atoms with Gasteiger partial charge in [-0.2, -0.15) is 13.2 Å². The molecule has 1 atom stereocenters. The predicted molar refractivity (Wildman–Crippen MR) is 67.6 cm³/mol. The highest BCUT2D eigenvalue weighted by Gasteiger charge is 2.55. The number of benzene rings is 1. The lowest BCUT2D eigenvalue weighted by Gasteiger charge is -2.12. The van der Waals surface area contributed by atoms with E-state index in [1.807, 2.05) is 0 Å². The Kier molecular flexibility index (Phi) is 2.65. The van der Waals surface area contributed by atoms with Crippen LogP contribution in [-0.2, 0) is 16.3 Å². The Hall–Kier alpha value is -2.03. The molecule has 0 fully saturated rings. The summed E-state index contributed by atoms with van der Waals surface area (Å²) < 4.78 is 67.4. The van der Waals surface area contributed by atoms with Crippen molar-refractivity contribution in [3.63, 3.8) is 0 Å². The topological polar surface area (TPSA) is 90.4 Å². The molecule has 112 valence electrons. The Bertz CT molecular complexity index is 914. The highest BCUT2D eigenvalue weighted by atomic mass is 32.2. The molecule has 2 aromatic rings. The molecule has 5 nitrogen and oxygen atoms in total. The molecule has 0 amide bonds. The van der Waals surface area contributed by atoms with Crippen LogP contribution >= 0.6 is 0 Å². The second kappa shape index (κ2) is 4.00. The summed E-state index contributed by atoms with van der Waals surface area (Å²) in [6.45, 7) is 0. The summed E-state index contributed by atoms with van der Waals surface area (Å²) in [5, 5.41) is -2.52. The van der Waals surface area contributed by atoms with Crippen LogP contribution in [0.15, 0.2) is 32.3 Å². The molecule has 9 heteroatoms. The largest absolute Gasteiger partial charge is 0.422 e. The number of fused-ring (bicyclic) bond motifs is 3. The molecule has 2 heterocycles. The third-order valence-corrected chi connectivity index (χ3v) is 5.57. The lowest BCUT2D eigenvalue weighted by atomic mass is 10.0. The molecule has 0 aliphatic carbocycles. The third-order valence-electron chi connectivity index (χ3n) is 3.40. The molecule has 1 aromatic carbocycles. The summed E-state index contributed by atoms with van der Waals surface area (Å²) in [5.74, 6) is 0. The number of alkyl halides is 3. The Balaban J connectivity index is 2.42. The zero-order valence-corrected chi connectivity index (χ0v) is 11.1. The maximum absolute atomic E-state index is 12.9. The number of hydrogen-bond acceptors (Lipinski definition) is 5. The Morgan fingerprint density at radius 2 is 1.95 bits per heavy atom. The van der Waals surface area contributed by atoms with Gasteiger partial charge in [-0.25, -0.2) is 13.2 Å². The number of anilines is 1. The number of sulfone groups is 1. The van der Waals surface area contributed by atoms with Crippen LogP contribution in [-0.4, -0.2) is 19.8 Å². The van der Waals surface area contributed by atoms with Crippen LogP contribution in [0.3, 0.4) is 0 Å². The molecule has 0 spiro atoms. The van der Waals surface area contributed by atoms with Crippen molar-refractivity contribution < 1.29 is 26.0 Å². The molecule has 0 radical (unpaired) electrons. The van der Waals surface area contributed by atoms with E-state index in [-0.39, 0.29) is 22.2 Å². The van der Waals surface area contributed by atoms with E-state index < -0.39 is 38.2 Å². The van der Waals surface area contributed by atoms with Gasteiger partial charge in [0.05, 0.1) is 0 Å². The van der Waals surface area contributed by atoms with E-state index in [0.29, 0.717) is 0 Å². The minimum atomic E-state index is -4.96. The molecule has 0 bridgehead atoms. The smallest absolute Gasteiger partial charge is 0.406 e. The van der Waals surface area contributed by atoms with Crippen molar-refractivity contribution in [3.05, 3.63) is 34.2 Å². The van der Waals surface area contributed by atoms with Gasteiger partial charge in [-0.15, -0.1) is 0 Å². The first-order valence-electron chi connectivity index (χ1n) is 5.78. The van der Waals surface area contributed by atoms with E-state index in [2.05, 4.69) is 0 Å². The molecular formula is C12H8F3NO4S. The number of nitrogens with two attached hydrogens (primary N) is 1. The molecule has 3 rings (SSSR count). The van der Waals surface area contributed by atoms with E-state index in [9.17, 15) is 26.4 Å². The Morgan fingerprint density at radius 1 is 1.29 bits per heavy atom. The number of nitrogen functional groups attached to an aromatic ring is 1. The number of halogens is 3. The normalized spacial score (nSPS) is 20.6. The van der Waals surface area contributed by atoms with Gasteiger partial charge in [0.25, 0.3) is 0 Å². The molecule has 1 aliphatic rings. The van der Waals surface area contributed by atoms with Gasteiger partial charge in [0.15, 0.2) is 20.0 Å².